The number of carbonyl (C=O) groups excluding carboxylic acids is 1. The van der Waals surface area contributed by atoms with Crippen LogP contribution in [0.3, 0.4) is 0 Å². The van der Waals surface area contributed by atoms with E-state index < -0.39 is 5.41 Å². The highest BCUT2D eigenvalue weighted by Crippen LogP contribution is 2.62. The van der Waals surface area contributed by atoms with Crippen LogP contribution in [0.4, 0.5) is 0 Å². The van der Waals surface area contributed by atoms with Gasteiger partial charge in [0.15, 0.2) is 11.5 Å². The van der Waals surface area contributed by atoms with Crippen molar-refractivity contribution in [3.8, 4) is 11.5 Å². The van der Waals surface area contributed by atoms with Gasteiger partial charge in [0.25, 0.3) is 0 Å². The van der Waals surface area contributed by atoms with E-state index in [1.165, 1.54) is 18.4 Å². The third-order valence-corrected chi connectivity index (χ3v) is 7.76. The second-order valence-corrected chi connectivity index (χ2v) is 8.95. The summed E-state index contributed by atoms with van der Waals surface area (Å²) in [5, 5.41) is 10.5. The molecule has 1 aromatic carbocycles. The van der Waals surface area contributed by atoms with Gasteiger partial charge in [-0.2, -0.15) is 0 Å². The van der Waals surface area contributed by atoms with Gasteiger partial charge >= 0.3 is 0 Å². The number of benzene rings is 1. The first-order valence-corrected chi connectivity index (χ1v) is 10.2. The molecule has 1 aliphatic heterocycles. The van der Waals surface area contributed by atoms with Crippen molar-refractivity contribution in [3.63, 3.8) is 0 Å². The molecule has 1 aromatic rings. The largest absolute Gasteiger partial charge is 0.504 e. The van der Waals surface area contributed by atoms with Gasteiger partial charge in [0.05, 0.1) is 12.7 Å². The van der Waals surface area contributed by atoms with Gasteiger partial charge in [0.2, 0.25) is 0 Å². The molecule has 1 N–H and O–H groups in total. The number of aromatic hydroxyl groups is 1. The minimum Gasteiger partial charge on any atom is -0.504 e. The molecule has 5 heteroatoms. The second-order valence-electron chi connectivity index (χ2n) is 8.95. The predicted octanol–water partition coefficient (Wildman–Crippen LogP) is 2.82. The number of piperidine rings is 1. The van der Waals surface area contributed by atoms with Crippen LogP contribution < -0.4 is 4.74 Å². The molecule has 0 radical (unpaired) electrons. The Balaban J connectivity index is 1.72. The minimum atomic E-state index is -0.403. The van der Waals surface area contributed by atoms with E-state index in [0.29, 0.717) is 24.4 Å². The van der Waals surface area contributed by atoms with Gasteiger partial charge in [-0.05, 0) is 56.2 Å². The maximum Gasteiger partial charge on any atom is 0.164 e. The fourth-order valence-electron chi connectivity index (χ4n) is 6.43. The molecular formula is C22H29NO4. The topological polar surface area (TPSA) is 59.0 Å². The van der Waals surface area contributed by atoms with Crippen molar-refractivity contribution >= 4 is 5.78 Å². The lowest BCUT2D eigenvalue weighted by Crippen LogP contribution is -2.74. The lowest BCUT2D eigenvalue weighted by molar-refractivity contribution is -0.188. The van der Waals surface area contributed by atoms with E-state index in [0.717, 1.165) is 43.8 Å². The summed E-state index contributed by atoms with van der Waals surface area (Å²) in [6.45, 7) is 2.13. The maximum atomic E-state index is 12.7. The van der Waals surface area contributed by atoms with E-state index in [1.54, 1.807) is 13.2 Å². The van der Waals surface area contributed by atoms with Crippen LogP contribution in [0.15, 0.2) is 12.1 Å². The lowest BCUT2D eigenvalue weighted by Gasteiger charge is -2.65. The molecular weight excluding hydrogens is 342 g/mol. The first kappa shape index (κ1) is 17.5. The number of phenolic OH excluding ortho intramolecular Hbond substituents is 1. The van der Waals surface area contributed by atoms with Gasteiger partial charge in [-0.25, -0.2) is 0 Å². The molecule has 5 rings (SSSR count). The van der Waals surface area contributed by atoms with Crippen LogP contribution >= 0.6 is 0 Å². The standard InChI is InChI=1S/C22H29NO4/c1-26-20-17(25)6-5-15-11-18-22(27-2)8-7-16(24)12-21(22,19(15)20)9-10-23(18)13-14-3-4-14/h5-6,14,18,25H,3-4,7-13H2,1-2H3/t18?,21-,22-/m1/s1. The molecule has 3 fully saturated rings. The fourth-order valence-corrected chi connectivity index (χ4v) is 6.43. The molecule has 146 valence electrons. The summed E-state index contributed by atoms with van der Waals surface area (Å²) in [6.07, 6.45) is 6.27. The first-order chi connectivity index (χ1) is 13.0. The highest BCUT2D eigenvalue weighted by Gasteiger charge is 2.67. The van der Waals surface area contributed by atoms with Crippen molar-refractivity contribution < 1.29 is 19.4 Å². The van der Waals surface area contributed by atoms with Crippen LogP contribution in [0.5, 0.6) is 11.5 Å². The van der Waals surface area contributed by atoms with Crippen molar-refractivity contribution in [2.24, 2.45) is 5.92 Å². The Morgan fingerprint density at radius 3 is 2.78 bits per heavy atom. The molecule has 1 unspecified atom stereocenters. The van der Waals surface area contributed by atoms with Crippen molar-refractivity contribution in [2.45, 2.75) is 62.0 Å². The van der Waals surface area contributed by atoms with Crippen molar-refractivity contribution in [1.29, 1.82) is 0 Å². The third-order valence-electron chi connectivity index (χ3n) is 7.76. The van der Waals surface area contributed by atoms with Gasteiger partial charge < -0.3 is 14.6 Å². The zero-order valence-corrected chi connectivity index (χ0v) is 16.3. The summed E-state index contributed by atoms with van der Waals surface area (Å²) in [5.74, 6) is 1.83. The van der Waals surface area contributed by atoms with Crippen LogP contribution in [0, 0.1) is 5.92 Å². The molecule has 1 saturated heterocycles. The Hall–Kier alpha value is -1.59. The van der Waals surface area contributed by atoms with Crippen LogP contribution in [0.25, 0.3) is 0 Å². The van der Waals surface area contributed by atoms with E-state index >= 15 is 0 Å². The number of carbonyl (C=O) groups is 1. The van der Waals surface area contributed by atoms with Crippen molar-refractivity contribution in [2.75, 3.05) is 27.3 Å². The molecule has 0 spiro atoms. The molecule has 27 heavy (non-hydrogen) atoms. The van der Waals surface area contributed by atoms with Crippen molar-refractivity contribution in [3.05, 3.63) is 23.3 Å². The lowest BCUT2D eigenvalue weighted by atomic mass is 9.49. The number of phenols is 1. The number of ether oxygens (including phenoxy) is 2. The summed E-state index contributed by atoms with van der Waals surface area (Å²) in [4.78, 5) is 15.3. The Morgan fingerprint density at radius 2 is 2.07 bits per heavy atom. The van der Waals surface area contributed by atoms with Crippen LogP contribution in [-0.2, 0) is 21.4 Å². The van der Waals surface area contributed by atoms with Crippen LogP contribution in [0.1, 0.15) is 49.7 Å². The number of hydrogen-bond acceptors (Lipinski definition) is 5. The summed E-state index contributed by atoms with van der Waals surface area (Å²) in [7, 11) is 3.43. The first-order valence-electron chi connectivity index (χ1n) is 10.2. The smallest absolute Gasteiger partial charge is 0.164 e. The Bertz CT molecular complexity index is 789. The van der Waals surface area contributed by atoms with E-state index in [1.807, 2.05) is 13.2 Å². The number of methoxy groups -OCH3 is 2. The van der Waals surface area contributed by atoms with E-state index in [9.17, 15) is 9.90 Å². The molecule has 3 atom stereocenters. The summed E-state index contributed by atoms with van der Waals surface area (Å²) in [6, 6.07) is 4.05. The van der Waals surface area contributed by atoms with E-state index in [2.05, 4.69) is 4.90 Å². The van der Waals surface area contributed by atoms with Gasteiger partial charge in [-0.15, -0.1) is 0 Å². The maximum absolute atomic E-state index is 12.7. The monoisotopic (exact) mass is 371 g/mol. The Labute approximate surface area is 160 Å². The third kappa shape index (κ3) is 2.27. The average molecular weight is 371 g/mol. The van der Waals surface area contributed by atoms with Crippen LogP contribution in [0.2, 0.25) is 0 Å². The summed E-state index contributed by atoms with van der Waals surface area (Å²) >= 11 is 0. The Morgan fingerprint density at radius 1 is 1.26 bits per heavy atom. The predicted molar refractivity (Wildman–Crippen MR) is 101 cm³/mol. The molecule has 2 bridgehead atoms. The number of ketones is 1. The second kappa shape index (κ2) is 5.95. The molecule has 4 aliphatic rings. The SMILES string of the molecule is COc1c(O)ccc2c1[C@]13CCN(CC4CC4)C(C2)[C@]1(OC)CCC(=O)C3. The number of fused-ring (bicyclic) bond motifs is 1. The van der Waals surface area contributed by atoms with E-state index in [-0.39, 0.29) is 17.4 Å². The highest BCUT2D eigenvalue weighted by atomic mass is 16.5. The molecule has 0 amide bonds. The molecule has 3 aliphatic carbocycles. The number of hydrogen-bond donors (Lipinski definition) is 1. The highest BCUT2D eigenvalue weighted by molar-refractivity contribution is 5.83. The molecule has 0 aromatic heterocycles. The average Bonchev–Trinajstić information content (AvgIpc) is 3.48. The number of Topliss-reactive ketones (excluding diaryl/α,β-unsaturated/α-hetero) is 1. The zero-order chi connectivity index (χ0) is 18.8. The zero-order valence-electron chi connectivity index (χ0n) is 16.3. The summed E-state index contributed by atoms with van der Waals surface area (Å²) in [5.41, 5.74) is 1.45. The molecule has 5 nitrogen and oxygen atoms in total. The van der Waals surface area contributed by atoms with Crippen molar-refractivity contribution in [1.82, 2.24) is 4.90 Å². The minimum absolute atomic E-state index is 0.160. The summed E-state index contributed by atoms with van der Waals surface area (Å²) < 4.78 is 12.1. The fraction of sp³-hybridized carbons (Fsp3) is 0.682. The van der Waals surface area contributed by atoms with Gasteiger partial charge in [0, 0.05) is 43.5 Å². The number of nitrogens with zero attached hydrogens (tertiary/aromatic N) is 1. The quantitative estimate of drug-likeness (QED) is 0.882. The normalized spacial score (nSPS) is 35.5. The molecule has 2 saturated carbocycles. The number of rotatable bonds is 4. The van der Waals surface area contributed by atoms with Gasteiger partial charge in [0.1, 0.15) is 5.78 Å². The van der Waals surface area contributed by atoms with Crippen LogP contribution in [-0.4, -0.2) is 54.7 Å². The Kier molecular flexibility index (Phi) is 3.86. The number of likely N-dealkylation sites (tertiary alicyclic amines) is 1. The van der Waals surface area contributed by atoms with E-state index in [4.69, 9.17) is 9.47 Å². The van der Waals surface area contributed by atoms with Gasteiger partial charge in [-0.1, -0.05) is 6.07 Å². The van der Waals surface area contributed by atoms with Gasteiger partial charge in [-0.3, -0.25) is 9.69 Å². The molecule has 1 heterocycles.